The van der Waals surface area contributed by atoms with E-state index in [1.807, 2.05) is 0 Å². The number of carbonyl (C=O) groups is 1. The van der Waals surface area contributed by atoms with Crippen molar-refractivity contribution < 1.29 is 4.79 Å². The fourth-order valence-electron chi connectivity index (χ4n) is 8.75. The van der Waals surface area contributed by atoms with E-state index in [-0.39, 0.29) is 10.8 Å². The van der Waals surface area contributed by atoms with Gasteiger partial charge in [0.2, 0.25) is 5.91 Å². The molecule has 162 valence electrons. The van der Waals surface area contributed by atoms with E-state index in [2.05, 4.69) is 48.9 Å². The van der Waals surface area contributed by atoms with Crippen molar-refractivity contribution >= 4 is 5.91 Å². The summed E-state index contributed by atoms with van der Waals surface area (Å²) in [4.78, 5) is 19.1. The minimum atomic E-state index is -0.0783. The third-order valence-electron chi connectivity index (χ3n) is 10.1. The molecule has 0 aromatic heterocycles. The standard InChI is InChI=1S/C27H38N2O/c1-18-4-5-22(10-19(18)2)26-12-20-11-21(13-26)15-27(14-20,17-26)25(30)29-9-8-23-6-7-24(16-29)28(23)3/h4-5,10,20-21,23-24H,6-9,11-17H2,1-3H3. The second-order valence-electron chi connectivity index (χ2n) is 11.9. The monoisotopic (exact) mass is 406 g/mol. The Labute approximate surface area is 182 Å². The molecule has 4 unspecified atom stereocenters. The van der Waals surface area contributed by atoms with Crippen molar-refractivity contribution in [3.8, 4) is 0 Å². The summed E-state index contributed by atoms with van der Waals surface area (Å²) in [6.45, 7) is 6.43. The Morgan fingerprint density at radius 2 is 1.70 bits per heavy atom. The van der Waals surface area contributed by atoms with Crippen LogP contribution in [0.25, 0.3) is 0 Å². The number of nitrogens with zero attached hydrogens (tertiary/aromatic N) is 2. The normalized spacial score (nSPS) is 42.6. The largest absolute Gasteiger partial charge is 0.341 e. The third kappa shape index (κ3) is 2.76. The van der Waals surface area contributed by atoms with Crippen LogP contribution >= 0.6 is 0 Å². The van der Waals surface area contributed by atoms with Crippen LogP contribution in [0.15, 0.2) is 18.2 Å². The molecule has 4 aliphatic carbocycles. The van der Waals surface area contributed by atoms with Crippen molar-refractivity contribution in [3.63, 3.8) is 0 Å². The Morgan fingerprint density at radius 3 is 2.43 bits per heavy atom. The summed E-state index contributed by atoms with van der Waals surface area (Å²) < 4.78 is 0. The lowest BCUT2D eigenvalue weighted by atomic mass is 9.42. The predicted molar refractivity (Wildman–Crippen MR) is 120 cm³/mol. The van der Waals surface area contributed by atoms with Crippen LogP contribution in [0, 0.1) is 31.1 Å². The maximum absolute atomic E-state index is 14.2. The molecule has 0 spiro atoms. The summed E-state index contributed by atoms with van der Waals surface area (Å²) in [5, 5.41) is 0. The van der Waals surface area contributed by atoms with E-state index in [4.69, 9.17) is 0 Å². The van der Waals surface area contributed by atoms with E-state index >= 15 is 0 Å². The van der Waals surface area contributed by atoms with Crippen LogP contribution in [0.1, 0.15) is 74.5 Å². The number of benzene rings is 1. The van der Waals surface area contributed by atoms with Crippen LogP contribution in [0.2, 0.25) is 0 Å². The van der Waals surface area contributed by atoms with Crippen LogP contribution in [0.4, 0.5) is 0 Å². The zero-order chi connectivity index (χ0) is 20.7. The molecule has 6 bridgehead atoms. The number of hydrogen-bond acceptors (Lipinski definition) is 2. The van der Waals surface area contributed by atoms with Crippen molar-refractivity contribution in [2.75, 3.05) is 20.1 Å². The molecule has 0 radical (unpaired) electrons. The molecule has 1 aromatic carbocycles. The second-order valence-corrected chi connectivity index (χ2v) is 11.9. The Kier molecular flexibility index (Phi) is 4.24. The van der Waals surface area contributed by atoms with Gasteiger partial charge in [0.1, 0.15) is 0 Å². The quantitative estimate of drug-likeness (QED) is 0.702. The van der Waals surface area contributed by atoms with Gasteiger partial charge in [0.25, 0.3) is 0 Å². The SMILES string of the molecule is Cc1ccc(C23CC4CC(CC(C(=O)N5CCC6CCC(C5)N6C)(C4)C2)C3)cc1C. The fourth-order valence-corrected chi connectivity index (χ4v) is 8.75. The maximum Gasteiger partial charge on any atom is 0.228 e. The number of aryl methyl sites for hydroxylation is 2. The van der Waals surface area contributed by atoms with Crippen LogP contribution in [0.5, 0.6) is 0 Å². The van der Waals surface area contributed by atoms with Gasteiger partial charge in [-0.25, -0.2) is 0 Å². The Hall–Kier alpha value is -1.35. The smallest absolute Gasteiger partial charge is 0.228 e. The minimum absolute atomic E-state index is 0.0783. The predicted octanol–water partition coefficient (Wildman–Crippen LogP) is 4.84. The van der Waals surface area contributed by atoms with Gasteiger partial charge < -0.3 is 4.90 Å². The minimum Gasteiger partial charge on any atom is -0.341 e. The van der Waals surface area contributed by atoms with Gasteiger partial charge in [0.15, 0.2) is 0 Å². The number of fused-ring (bicyclic) bond motifs is 2. The molecular formula is C27H38N2O. The first-order chi connectivity index (χ1) is 14.4. The molecular weight excluding hydrogens is 368 g/mol. The number of likely N-dealkylation sites (N-methyl/N-ethyl adjacent to an activating group) is 1. The van der Waals surface area contributed by atoms with Crippen molar-refractivity contribution in [2.24, 2.45) is 17.3 Å². The van der Waals surface area contributed by atoms with Crippen LogP contribution in [-0.4, -0.2) is 47.9 Å². The second kappa shape index (κ2) is 6.58. The summed E-state index contributed by atoms with van der Waals surface area (Å²) in [5.74, 6) is 2.04. The highest BCUT2D eigenvalue weighted by atomic mass is 16.2. The summed E-state index contributed by atoms with van der Waals surface area (Å²) in [6.07, 6.45) is 11.2. The molecule has 4 saturated carbocycles. The van der Waals surface area contributed by atoms with Crippen LogP contribution in [-0.2, 0) is 10.2 Å². The fraction of sp³-hybridized carbons (Fsp3) is 0.741. The highest BCUT2D eigenvalue weighted by molar-refractivity contribution is 5.84. The first-order valence-electron chi connectivity index (χ1n) is 12.5. The molecule has 1 amide bonds. The number of amides is 1. The molecule has 0 N–H and O–H groups in total. The molecule has 4 atom stereocenters. The first kappa shape index (κ1) is 19.3. The lowest BCUT2D eigenvalue weighted by molar-refractivity contribution is -0.160. The van der Waals surface area contributed by atoms with Gasteiger partial charge in [-0.2, -0.15) is 0 Å². The Bertz CT molecular complexity index is 862. The average Bonchev–Trinajstić information content (AvgIpc) is 2.94. The zero-order valence-corrected chi connectivity index (χ0v) is 19.1. The van der Waals surface area contributed by atoms with E-state index in [0.29, 0.717) is 18.0 Å². The topological polar surface area (TPSA) is 23.6 Å². The molecule has 1 aromatic rings. The van der Waals surface area contributed by atoms with E-state index in [0.717, 1.165) is 44.2 Å². The van der Waals surface area contributed by atoms with Crippen LogP contribution < -0.4 is 0 Å². The molecule has 2 aliphatic heterocycles. The number of rotatable bonds is 2. The van der Waals surface area contributed by atoms with Crippen LogP contribution in [0.3, 0.4) is 0 Å². The molecule has 3 nitrogen and oxygen atoms in total. The maximum atomic E-state index is 14.2. The first-order valence-corrected chi connectivity index (χ1v) is 12.5. The van der Waals surface area contributed by atoms with E-state index in [1.54, 1.807) is 0 Å². The van der Waals surface area contributed by atoms with Gasteiger partial charge in [0.05, 0.1) is 5.41 Å². The Balaban J connectivity index is 1.32. The average molecular weight is 407 g/mol. The van der Waals surface area contributed by atoms with Crippen molar-refractivity contribution in [1.82, 2.24) is 9.80 Å². The number of carbonyl (C=O) groups excluding carboxylic acids is 1. The molecule has 30 heavy (non-hydrogen) atoms. The summed E-state index contributed by atoms with van der Waals surface area (Å²) >= 11 is 0. The van der Waals surface area contributed by atoms with Crippen molar-refractivity contribution in [1.29, 1.82) is 0 Å². The van der Waals surface area contributed by atoms with Gasteiger partial charge in [0, 0.05) is 25.2 Å². The van der Waals surface area contributed by atoms with Gasteiger partial charge in [-0.1, -0.05) is 18.2 Å². The van der Waals surface area contributed by atoms with Crippen molar-refractivity contribution in [2.45, 2.75) is 89.1 Å². The van der Waals surface area contributed by atoms with E-state index in [9.17, 15) is 4.79 Å². The number of likely N-dealkylation sites (tertiary alicyclic amines) is 1. The van der Waals surface area contributed by atoms with Gasteiger partial charge >= 0.3 is 0 Å². The number of hydrogen-bond donors (Lipinski definition) is 0. The molecule has 6 fully saturated rings. The molecule has 6 aliphatic rings. The lowest BCUT2D eigenvalue weighted by Crippen LogP contribution is -2.60. The van der Waals surface area contributed by atoms with E-state index in [1.165, 1.54) is 55.2 Å². The highest BCUT2D eigenvalue weighted by Crippen LogP contribution is 2.66. The third-order valence-corrected chi connectivity index (χ3v) is 10.1. The van der Waals surface area contributed by atoms with Crippen molar-refractivity contribution in [3.05, 3.63) is 34.9 Å². The Morgan fingerprint density at radius 1 is 0.967 bits per heavy atom. The highest BCUT2D eigenvalue weighted by Gasteiger charge is 2.61. The van der Waals surface area contributed by atoms with Gasteiger partial charge in [-0.3, -0.25) is 9.69 Å². The van der Waals surface area contributed by atoms with E-state index < -0.39 is 0 Å². The summed E-state index contributed by atoms with van der Waals surface area (Å²) in [7, 11) is 2.29. The molecule has 2 heterocycles. The molecule has 3 heteroatoms. The zero-order valence-electron chi connectivity index (χ0n) is 19.1. The molecule has 2 saturated heterocycles. The molecule has 7 rings (SSSR count). The van der Waals surface area contributed by atoms with Gasteiger partial charge in [-0.05, 0) is 113 Å². The lowest BCUT2D eigenvalue weighted by Gasteiger charge is -2.62. The van der Waals surface area contributed by atoms with Gasteiger partial charge in [-0.15, -0.1) is 0 Å². The summed E-state index contributed by atoms with van der Waals surface area (Å²) in [5.41, 5.74) is 4.50. The summed E-state index contributed by atoms with van der Waals surface area (Å²) in [6, 6.07) is 8.46.